The maximum atomic E-state index is 13.4. The molecular formula is C27H31F6NO2. The molecule has 0 amide bonds. The Kier molecular flexibility index (Phi) is 8.32. The zero-order valence-corrected chi connectivity index (χ0v) is 20.1. The third-order valence-corrected chi connectivity index (χ3v) is 7.12. The molecule has 2 aromatic carbocycles. The highest BCUT2D eigenvalue weighted by Gasteiger charge is 2.40. The van der Waals surface area contributed by atoms with Gasteiger partial charge in [-0.3, -0.25) is 0 Å². The van der Waals surface area contributed by atoms with Crippen LogP contribution in [0.25, 0.3) is 0 Å². The number of benzene rings is 2. The van der Waals surface area contributed by atoms with E-state index in [0.717, 1.165) is 56.6 Å². The minimum Gasteiger partial charge on any atom is -0.352 e. The molecule has 0 aromatic heterocycles. The summed E-state index contributed by atoms with van der Waals surface area (Å²) in [5, 5.41) is 0. The van der Waals surface area contributed by atoms with Crippen LogP contribution in [0.5, 0.6) is 0 Å². The van der Waals surface area contributed by atoms with Crippen LogP contribution in [0.1, 0.15) is 66.9 Å². The van der Waals surface area contributed by atoms with Crippen molar-refractivity contribution in [1.29, 1.82) is 0 Å². The lowest BCUT2D eigenvalue weighted by molar-refractivity contribution is -0.210. The molecular weight excluding hydrogens is 484 g/mol. The molecule has 2 aliphatic rings. The number of piperidine rings is 1. The molecule has 198 valence electrons. The van der Waals surface area contributed by atoms with Crippen molar-refractivity contribution >= 4 is 0 Å². The number of likely N-dealkylation sites (tertiary alicyclic amines) is 1. The summed E-state index contributed by atoms with van der Waals surface area (Å²) in [6, 6.07) is 11.2. The molecule has 2 heterocycles. The molecule has 0 bridgehead atoms. The van der Waals surface area contributed by atoms with Gasteiger partial charge in [-0.25, -0.2) is 0 Å². The summed E-state index contributed by atoms with van der Waals surface area (Å²) in [4.78, 5) is 2.43. The minimum atomic E-state index is -4.91. The van der Waals surface area contributed by atoms with Crippen LogP contribution < -0.4 is 0 Å². The minimum absolute atomic E-state index is 0.134. The van der Waals surface area contributed by atoms with Crippen molar-refractivity contribution in [2.75, 3.05) is 26.2 Å². The lowest BCUT2D eigenvalue weighted by Crippen LogP contribution is -2.43. The molecule has 0 aliphatic carbocycles. The van der Waals surface area contributed by atoms with Gasteiger partial charge in [0.25, 0.3) is 0 Å². The Morgan fingerprint density at radius 2 is 1.53 bits per heavy atom. The van der Waals surface area contributed by atoms with E-state index in [1.165, 1.54) is 13.3 Å². The van der Waals surface area contributed by atoms with E-state index < -0.39 is 35.9 Å². The number of nitrogens with zero attached hydrogens (tertiary/aromatic N) is 1. The molecule has 0 spiro atoms. The van der Waals surface area contributed by atoms with Crippen molar-refractivity contribution < 1.29 is 35.8 Å². The summed E-state index contributed by atoms with van der Waals surface area (Å²) in [6.45, 7) is 4.76. The Labute approximate surface area is 207 Å². The van der Waals surface area contributed by atoms with E-state index in [2.05, 4.69) is 4.90 Å². The molecule has 0 radical (unpaired) electrons. The van der Waals surface area contributed by atoms with Gasteiger partial charge in [0.15, 0.2) is 6.29 Å². The topological polar surface area (TPSA) is 21.7 Å². The van der Waals surface area contributed by atoms with Crippen molar-refractivity contribution in [2.24, 2.45) is 5.92 Å². The van der Waals surface area contributed by atoms with E-state index in [4.69, 9.17) is 9.47 Å². The molecule has 2 aliphatic heterocycles. The first-order chi connectivity index (χ1) is 17.0. The molecule has 3 nitrogen and oxygen atoms in total. The van der Waals surface area contributed by atoms with E-state index in [1.54, 1.807) is 0 Å². The highest BCUT2D eigenvalue weighted by atomic mass is 19.4. The molecule has 0 unspecified atom stereocenters. The fourth-order valence-corrected chi connectivity index (χ4v) is 5.24. The first-order valence-corrected chi connectivity index (χ1v) is 12.4. The number of alkyl halides is 6. The van der Waals surface area contributed by atoms with Gasteiger partial charge in [0.2, 0.25) is 0 Å². The van der Waals surface area contributed by atoms with Gasteiger partial charge in [0.1, 0.15) is 0 Å². The average Bonchev–Trinajstić information content (AvgIpc) is 2.84. The molecule has 0 saturated carbocycles. The van der Waals surface area contributed by atoms with Crippen LogP contribution in [0.4, 0.5) is 26.3 Å². The predicted molar refractivity (Wildman–Crippen MR) is 123 cm³/mol. The average molecular weight is 516 g/mol. The molecule has 0 N–H and O–H groups in total. The second kappa shape index (κ2) is 11.1. The highest BCUT2D eigenvalue weighted by molar-refractivity contribution is 5.34. The van der Waals surface area contributed by atoms with Gasteiger partial charge in [-0.05, 0) is 74.5 Å². The van der Waals surface area contributed by atoms with E-state index in [9.17, 15) is 26.3 Å². The van der Waals surface area contributed by atoms with Crippen LogP contribution in [-0.4, -0.2) is 37.4 Å². The SMILES string of the molecule is C[C@@H](O[C@H]1OCC[C@H](CN2CCCCC2)[C@@H]1c1ccccc1)c1cc(C(F)(F)F)cc(C(F)(F)F)c1. The normalized spacial score (nSPS) is 25.0. The maximum absolute atomic E-state index is 13.4. The van der Waals surface area contributed by atoms with Gasteiger partial charge in [-0.15, -0.1) is 0 Å². The van der Waals surface area contributed by atoms with E-state index in [1.807, 2.05) is 30.3 Å². The summed E-state index contributed by atoms with van der Waals surface area (Å²) < 4.78 is 92.4. The van der Waals surface area contributed by atoms with Crippen molar-refractivity contribution in [3.05, 3.63) is 70.8 Å². The van der Waals surface area contributed by atoms with Gasteiger partial charge in [0, 0.05) is 12.5 Å². The third kappa shape index (κ3) is 6.61. The van der Waals surface area contributed by atoms with Gasteiger partial charge >= 0.3 is 12.4 Å². The van der Waals surface area contributed by atoms with Crippen LogP contribution in [-0.2, 0) is 21.8 Å². The summed E-state index contributed by atoms with van der Waals surface area (Å²) >= 11 is 0. The Morgan fingerprint density at radius 1 is 0.917 bits per heavy atom. The van der Waals surface area contributed by atoms with Gasteiger partial charge in [-0.2, -0.15) is 26.3 Å². The molecule has 4 rings (SSSR count). The zero-order valence-electron chi connectivity index (χ0n) is 20.1. The van der Waals surface area contributed by atoms with Crippen LogP contribution in [0.2, 0.25) is 0 Å². The van der Waals surface area contributed by atoms with E-state index >= 15 is 0 Å². The maximum Gasteiger partial charge on any atom is 0.416 e. The summed E-state index contributed by atoms with van der Waals surface area (Å²) in [5.41, 5.74) is -1.91. The lowest BCUT2D eigenvalue weighted by Gasteiger charge is -2.42. The fourth-order valence-electron chi connectivity index (χ4n) is 5.24. The molecule has 2 saturated heterocycles. The Morgan fingerprint density at radius 3 is 2.11 bits per heavy atom. The first kappa shape index (κ1) is 26.9. The van der Waals surface area contributed by atoms with Crippen LogP contribution in [0.15, 0.2) is 48.5 Å². The third-order valence-electron chi connectivity index (χ3n) is 7.12. The number of rotatable bonds is 6. The Balaban J connectivity index is 1.61. The predicted octanol–water partition coefficient (Wildman–Crippen LogP) is 7.43. The quantitative estimate of drug-likeness (QED) is 0.374. The molecule has 36 heavy (non-hydrogen) atoms. The standard InChI is InChI=1S/C27H31F6NO2/c1-18(21-14-22(26(28,29)30)16-23(15-21)27(31,32)33)36-25-24(19-8-4-2-5-9-19)20(10-13-35-25)17-34-11-6-3-7-12-34/h2,4-5,8-9,14-16,18,20,24-25H,3,6-7,10-13,17H2,1H3/t18-,20-,24+,25-/m1/s1. The van der Waals surface area contributed by atoms with E-state index in [0.29, 0.717) is 6.61 Å². The Bertz CT molecular complexity index is 956. The summed E-state index contributed by atoms with van der Waals surface area (Å²) in [6.07, 6.45) is -7.36. The summed E-state index contributed by atoms with van der Waals surface area (Å²) in [5.74, 6) is -0.0130. The second-order valence-electron chi connectivity index (χ2n) is 9.70. The molecule has 9 heteroatoms. The fraction of sp³-hybridized carbons (Fsp3) is 0.556. The monoisotopic (exact) mass is 515 g/mol. The van der Waals surface area contributed by atoms with Gasteiger partial charge in [-0.1, -0.05) is 36.8 Å². The van der Waals surface area contributed by atoms with Crippen LogP contribution in [0.3, 0.4) is 0 Å². The van der Waals surface area contributed by atoms with Crippen molar-refractivity contribution in [2.45, 2.75) is 63.3 Å². The Hall–Kier alpha value is -2.10. The molecule has 2 aromatic rings. The van der Waals surface area contributed by atoms with E-state index in [-0.39, 0.29) is 23.5 Å². The molecule has 2 fully saturated rings. The number of hydrogen-bond acceptors (Lipinski definition) is 3. The van der Waals surface area contributed by atoms with Crippen molar-refractivity contribution in [3.8, 4) is 0 Å². The van der Waals surface area contributed by atoms with Gasteiger partial charge < -0.3 is 14.4 Å². The van der Waals surface area contributed by atoms with Gasteiger partial charge in [0.05, 0.1) is 23.8 Å². The van der Waals surface area contributed by atoms with Crippen molar-refractivity contribution in [3.63, 3.8) is 0 Å². The highest BCUT2D eigenvalue weighted by Crippen LogP contribution is 2.41. The molecule has 4 atom stereocenters. The first-order valence-electron chi connectivity index (χ1n) is 12.4. The van der Waals surface area contributed by atoms with Crippen molar-refractivity contribution in [1.82, 2.24) is 4.90 Å². The number of halogens is 6. The smallest absolute Gasteiger partial charge is 0.352 e. The second-order valence-corrected chi connectivity index (χ2v) is 9.70. The lowest BCUT2D eigenvalue weighted by atomic mass is 9.81. The zero-order chi connectivity index (χ0) is 25.9. The number of ether oxygens (including phenoxy) is 2. The summed E-state index contributed by atoms with van der Waals surface area (Å²) in [7, 11) is 0. The largest absolute Gasteiger partial charge is 0.416 e. The number of hydrogen-bond donors (Lipinski definition) is 0. The van der Waals surface area contributed by atoms with Crippen LogP contribution in [0, 0.1) is 5.92 Å². The van der Waals surface area contributed by atoms with Crippen LogP contribution >= 0.6 is 0 Å².